The van der Waals surface area contributed by atoms with E-state index in [-0.39, 0.29) is 6.42 Å². The lowest BCUT2D eigenvalue weighted by atomic mass is 10.1. The van der Waals surface area contributed by atoms with Crippen LogP contribution in [-0.4, -0.2) is 11.1 Å². The second kappa shape index (κ2) is 4.81. The molecule has 0 spiro atoms. The first kappa shape index (κ1) is 10.8. The van der Waals surface area contributed by atoms with Crippen molar-refractivity contribution in [3.8, 4) is 0 Å². The van der Waals surface area contributed by atoms with Crippen molar-refractivity contribution in [3.05, 3.63) is 32.4 Å². The van der Waals surface area contributed by atoms with Gasteiger partial charge in [0, 0.05) is 15.0 Å². The molecule has 4 heteroatoms. The molecule has 0 fully saturated rings. The largest absolute Gasteiger partial charge is 0.481 e. The standard InChI is InChI=1S/C9H8ClIO2/c10-7-3-1-6(8(11)5-7)2-4-9(12)13/h1,3,5H,2,4H2,(H,12,13). The van der Waals surface area contributed by atoms with Gasteiger partial charge in [0.15, 0.2) is 0 Å². The maximum Gasteiger partial charge on any atom is 0.303 e. The Morgan fingerprint density at radius 3 is 2.77 bits per heavy atom. The van der Waals surface area contributed by atoms with Gasteiger partial charge in [-0.2, -0.15) is 0 Å². The summed E-state index contributed by atoms with van der Waals surface area (Å²) in [4.78, 5) is 10.3. The maximum absolute atomic E-state index is 10.3. The number of hydrogen-bond acceptors (Lipinski definition) is 1. The molecule has 0 atom stereocenters. The van der Waals surface area contributed by atoms with Crippen LogP contribution in [0, 0.1) is 3.57 Å². The van der Waals surface area contributed by atoms with Gasteiger partial charge in [0.25, 0.3) is 0 Å². The number of hydrogen-bond donors (Lipinski definition) is 1. The van der Waals surface area contributed by atoms with Crippen molar-refractivity contribution in [2.24, 2.45) is 0 Å². The predicted molar refractivity (Wildman–Crippen MR) is 60.1 cm³/mol. The van der Waals surface area contributed by atoms with E-state index in [1.165, 1.54) is 0 Å². The maximum atomic E-state index is 10.3. The molecule has 1 aromatic carbocycles. The third kappa shape index (κ3) is 3.52. The number of aliphatic carboxylic acids is 1. The SMILES string of the molecule is O=C(O)CCc1ccc(Cl)cc1I. The van der Waals surface area contributed by atoms with E-state index in [2.05, 4.69) is 22.6 Å². The second-order valence-corrected chi connectivity index (χ2v) is 4.23. The fourth-order valence-electron chi connectivity index (χ4n) is 0.966. The molecule has 1 rings (SSSR count). The molecule has 0 bridgehead atoms. The van der Waals surface area contributed by atoms with E-state index in [1.54, 1.807) is 6.07 Å². The van der Waals surface area contributed by atoms with E-state index < -0.39 is 5.97 Å². The van der Waals surface area contributed by atoms with E-state index in [4.69, 9.17) is 16.7 Å². The van der Waals surface area contributed by atoms with Gasteiger partial charge in [-0.25, -0.2) is 0 Å². The van der Waals surface area contributed by atoms with Crippen LogP contribution in [0.2, 0.25) is 5.02 Å². The van der Waals surface area contributed by atoms with Crippen molar-refractivity contribution in [3.63, 3.8) is 0 Å². The van der Waals surface area contributed by atoms with Crippen molar-refractivity contribution >= 4 is 40.2 Å². The highest BCUT2D eigenvalue weighted by molar-refractivity contribution is 14.1. The van der Waals surface area contributed by atoms with Crippen molar-refractivity contribution < 1.29 is 9.90 Å². The van der Waals surface area contributed by atoms with Crippen LogP contribution in [0.15, 0.2) is 18.2 Å². The number of halogens is 2. The Kier molecular flexibility index (Phi) is 3.99. The molecule has 70 valence electrons. The summed E-state index contributed by atoms with van der Waals surface area (Å²) in [6, 6.07) is 5.48. The van der Waals surface area contributed by atoms with Crippen LogP contribution in [0.5, 0.6) is 0 Å². The van der Waals surface area contributed by atoms with E-state index in [9.17, 15) is 4.79 Å². The van der Waals surface area contributed by atoms with Crippen LogP contribution >= 0.6 is 34.2 Å². The molecule has 0 saturated carbocycles. The fourth-order valence-corrected chi connectivity index (χ4v) is 2.11. The first-order chi connectivity index (χ1) is 6.09. The van der Waals surface area contributed by atoms with E-state index >= 15 is 0 Å². The topological polar surface area (TPSA) is 37.3 Å². The zero-order chi connectivity index (χ0) is 9.84. The Bertz CT molecular complexity index is 325. The molecular weight excluding hydrogens is 302 g/mol. The molecule has 1 aromatic rings. The quantitative estimate of drug-likeness (QED) is 0.872. The highest BCUT2D eigenvalue weighted by Gasteiger charge is 2.03. The molecule has 13 heavy (non-hydrogen) atoms. The highest BCUT2D eigenvalue weighted by atomic mass is 127. The summed E-state index contributed by atoms with van der Waals surface area (Å²) in [5.74, 6) is -0.772. The lowest BCUT2D eigenvalue weighted by Crippen LogP contribution is -1.98. The number of benzene rings is 1. The molecule has 1 N–H and O–H groups in total. The van der Waals surface area contributed by atoms with Gasteiger partial charge in [-0.3, -0.25) is 4.79 Å². The number of carbonyl (C=O) groups is 1. The molecular formula is C9H8ClIO2. The average molecular weight is 311 g/mol. The number of carboxylic acid groups (broad SMARTS) is 1. The van der Waals surface area contributed by atoms with Crippen molar-refractivity contribution in [1.82, 2.24) is 0 Å². The van der Waals surface area contributed by atoms with Crippen molar-refractivity contribution in [2.45, 2.75) is 12.8 Å². The molecule has 0 aromatic heterocycles. The molecule has 0 aliphatic carbocycles. The zero-order valence-corrected chi connectivity index (χ0v) is 9.67. The van der Waals surface area contributed by atoms with Crippen LogP contribution in [0.1, 0.15) is 12.0 Å². The fraction of sp³-hybridized carbons (Fsp3) is 0.222. The minimum absolute atomic E-state index is 0.164. The summed E-state index contributed by atoms with van der Waals surface area (Å²) in [7, 11) is 0. The van der Waals surface area contributed by atoms with Crippen LogP contribution in [0.4, 0.5) is 0 Å². The lowest BCUT2D eigenvalue weighted by molar-refractivity contribution is -0.136. The number of aryl methyl sites for hydroxylation is 1. The van der Waals surface area contributed by atoms with Gasteiger partial charge >= 0.3 is 5.97 Å². The van der Waals surface area contributed by atoms with E-state index in [0.717, 1.165) is 9.13 Å². The Labute approximate surface area is 95.0 Å². The zero-order valence-electron chi connectivity index (χ0n) is 6.76. The molecule has 0 saturated heterocycles. The average Bonchev–Trinajstić information content (AvgIpc) is 2.02. The van der Waals surface area contributed by atoms with Gasteiger partial charge in [0.1, 0.15) is 0 Å². The third-order valence-electron chi connectivity index (χ3n) is 1.62. The Morgan fingerprint density at radius 1 is 1.54 bits per heavy atom. The van der Waals surface area contributed by atoms with E-state index in [0.29, 0.717) is 11.4 Å². The van der Waals surface area contributed by atoms with Crippen LogP contribution in [0.25, 0.3) is 0 Å². The molecule has 0 radical (unpaired) electrons. The van der Waals surface area contributed by atoms with Gasteiger partial charge in [0.2, 0.25) is 0 Å². The summed E-state index contributed by atoms with van der Waals surface area (Å²) in [6.45, 7) is 0. The minimum Gasteiger partial charge on any atom is -0.481 e. The van der Waals surface area contributed by atoms with Crippen molar-refractivity contribution in [2.75, 3.05) is 0 Å². The number of carboxylic acids is 1. The Balaban J connectivity index is 2.72. The summed E-state index contributed by atoms with van der Waals surface area (Å²) < 4.78 is 1.02. The molecule has 0 aliphatic rings. The molecule has 0 heterocycles. The van der Waals surface area contributed by atoms with Crippen molar-refractivity contribution in [1.29, 1.82) is 0 Å². The smallest absolute Gasteiger partial charge is 0.303 e. The monoisotopic (exact) mass is 310 g/mol. The van der Waals surface area contributed by atoms with Gasteiger partial charge in [0.05, 0.1) is 0 Å². The van der Waals surface area contributed by atoms with Gasteiger partial charge in [-0.15, -0.1) is 0 Å². The summed E-state index contributed by atoms with van der Waals surface area (Å²) in [5.41, 5.74) is 1.03. The Hall–Kier alpha value is -0.290. The van der Waals surface area contributed by atoms with Gasteiger partial charge in [-0.1, -0.05) is 17.7 Å². The first-order valence-electron chi connectivity index (χ1n) is 3.75. The number of rotatable bonds is 3. The predicted octanol–water partition coefficient (Wildman–Crippen LogP) is 2.96. The highest BCUT2D eigenvalue weighted by Crippen LogP contribution is 2.19. The van der Waals surface area contributed by atoms with Crippen LogP contribution in [0.3, 0.4) is 0 Å². The normalized spacial score (nSPS) is 10.0. The Morgan fingerprint density at radius 2 is 2.23 bits per heavy atom. The van der Waals surface area contributed by atoms with Crippen LogP contribution in [-0.2, 0) is 11.2 Å². The summed E-state index contributed by atoms with van der Waals surface area (Å²) in [5, 5.41) is 9.18. The van der Waals surface area contributed by atoms with Gasteiger partial charge < -0.3 is 5.11 Å². The second-order valence-electron chi connectivity index (χ2n) is 2.63. The third-order valence-corrected chi connectivity index (χ3v) is 2.86. The van der Waals surface area contributed by atoms with E-state index in [1.807, 2.05) is 12.1 Å². The molecule has 0 unspecified atom stereocenters. The summed E-state index contributed by atoms with van der Waals surface area (Å²) in [6.07, 6.45) is 0.725. The summed E-state index contributed by atoms with van der Waals surface area (Å²) >= 11 is 7.91. The molecule has 2 nitrogen and oxygen atoms in total. The van der Waals surface area contributed by atoms with Gasteiger partial charge in [-0.05, 0) is 46.7 Å². The molecule has 0 aliphatic heterocycles. The molecule has 0 amide bonds. The minimum atomic E-state index is -0.772. The first-order valence-corrected chi connectivity index (χ1v) is 5.21. The van der Waals surface area contributed by atoms with Crippen LogP contribution < -0.4 is 0 Å². The lowest BCUT2D eigenvalue weighted by Gasteiger charge is -2.02.